The fourth-order valence-corrected chi connectivity index (χ4v) is 3.35. The molecule has 24 heavy (non-hydrogen) atoms. The number of piperazine rings is 1. The van der Waals surface area contributed by atoms with Gasteiger partial charge in [-0.2, -0.15) is 0 Å². The van der Waals surface area contributed by atoms with Crippen LogP contribution in [0.5, 0.6) is 0 Å². The van der Waals surface area contributed by atoms with E-state index >= 15 is 0 Å². The van der Waals surface area contributed by atoms with Gasteiger partial charge in [-0.1, -0.05) is 35.9 Å². The van der Waals surface area contributed by atoms with Crippen molar-refractivity contribution < 1.29 is 0 Å². The van der Waals surface area contributed by atoms with Crippen molar-refractivity contribution in [2.75, 3.05) is 26.2 Å². The zero-order valence-corrected chi connectivity index (χ0v) is 14.2. The first-order chi connectivity index (χ1) is 11.8. The molecule has 0 radical (unpaired) electrons. The summed E-state index contributed by atoms with van der Waals surface area (Å²) in [7, 11) is 0. The van der Waals surface area contributed by atoms with Crippen molar-refractivity contribution in [3.05, 3.63) is 71.7 Å². The summed E-state index contributed by atoms with van der Waals surface area (Å²) < 4.78 is 2.10. The summed E-state index contributed by atoms with van der Waals surface area (Å²) in [6.07, 6.45) is 4.21. The van der Waals surface area contributed by atoms with Gasteiger partial charge in [0.1, 0.15) is 5.65 Å². The Bertz CT molecular complexity index is 765. The number of nitrogens with zero attached hydrogens (tertiary/aromatic N) is 4. The van der Waals surface area contributed by atoms with E-state index in [0.717, 1.165) is 50.6 Å². The molecule has 1 fully saturated rings. The maximum Gasteiger partial charge on any atom is 0.137 e. The highest BCUT2D eigenvalue weighted by Gasteiger charge is 2.18. The van der Waals surface area contributed by atoms with Gasteiger partial charge in [0.05, 0.1) is 5.69 Å². The minimum absolute atomic E-state index is 0.944. The second-order valence-electron chi connectivity index (χ2n) is 6.74. The van der Waals surface area contributed by atoms with Gasteiger partial charge < -0.3 is 4.40 Å². The Hall–Kier alpha value is -2.17. The molecule has 0 atom stereocenters. The largest absolute Gasteiger partial charge is 0.307 e. The number of aromatic nitrogens is 2. The zero-order valence-electron chi connectivity index (χ0n) is 14.2. The average Bonchev–Trinajstić information content (AvgIpc) is 3.01. The molecule has 0 amide bonds. The summed E-state index contributed by atoms with van der Waals surface area (Å²) in [5.41, 5.74) is 4.93. The summed E-state index contributed by atoms with van der Waals surface area (Å²) in [5, 5.41) is 0. The number of imidazole rings is 1. The molecule has 0 N–H and O–H groups in total. The lowest BCUT2D eigenvalue weighted by Gasteiger charge is -2.34. The molecule has 3 heterocycles. The molecule has 124 valence electrons. The van der Waals surface area contributed by atoms with E-state index in [4.69, 9.17) is 4.98 Å². The quantitative estimate of drug-likeness (QED) is 0.738. The molecular formula is C20H24N4. The third-order valence-corrected chi connectivity index (χ3v) is 4.79. The molecular weight excluding hydrogens is 296 g/mol. The van der Waals surface area contributed by atoms with Crippen molar-refractivity contribution in [1.82, 2.24) is 19.2 Å². The van der Waals surface area contributed by atoms with Gasteiger partial charge in [-0.25, -0.2) is 4.98 Å². The van der Waals surface area contributed by atoms with Crippen LogP contribution in [0.4, 0.5) is 0 Å². The third-order valence-electron chi connectivity index (χ3n) is 4.79. The van der Waals surface area contributed by atoms with Crippen LogP contribution in [0, 0.1) is 6.92 Å². The van der Waals surface area contributed by atoms with E-state index in [1.807, 2.05) is 12.1 Å². The van der Waals surface area contributed by atoms with Crippen molar-refractivity contribution in [3.8, 4) is 0 Å². The number of fused-ring (bicyclic) bond motifs is 1. The molecule has 0 aliphatic carbocycles. The van der Waals surface area contributed by atoms with E-state index in [9.17, 15) is 0 Å². The van der Waals surface area contributed by atoms with Crippen molar-refractivity contribution in [2.24, 2.45) is 0 Å². The van der Waals surface area contributed by atoms with Crippen LogP contribution in [0.3, 0.4) is 0 Å². The summed E-state index contributed by atoms with van der Waals surface area (Å²) in [4.78, 5) is 9.76. The second kappa shape index (κ2) is 6.75. The maximum absolute atomic E-state index is 4.71. The number of rotatable bonds is 4. The van der Waals surface area contributed by atoms with E-state index in [1.54, 1.807) is 0 Å². The Kier molecular flexibility index (Phi) is 4.32. The molecule has 3 aromatic rings. The predicted molar refractivity (Wildman–Crippen MR) is 96.9 cm³/mol. The van der Waals surface area contributed by atoms with Crippen LogP contribution >= 0.6 is 0 Å². The smallest absolute Gasteiger partial charge is 0.137 e. The van der Waals surface area contributed by atoms with E-state index in [0.29, 0.717) is 0 Å². The molecule has 4 nitrogen and oxygen atoms in total. The molecule has 0 unspecified atom stereocenters. The summed E-state index contributed by atoms with van der Waals surface area (Å²) in [6.45, 7) is 8.62. The summed E-state index contributed by atoms with van der Waals surface area (Å²) >= 11 is 0. The van der Waals surface area contributed by atoms with Crippen LogP contribution in [-0.4, -0.2) is 45.4 Å². The van der Waals surface area contributed by atoms with E-state index in [-0.39, 0.29) is 0 Å². The lowest BCUT2D eigenvalue weighted by molar-refractivity contribution is 0.121. The topological polar surface area (TPSA) is 23.8 Å². The fourth-order valence-electron chi connectivity index (χ4n) is 3.35. The third kappa shape index (κ3) is 3.50. The Morgan fingerprint density at radius 2 is 1.58 bits per heavy atom. The van der Waals surface area contributed by atoms with Gasteiger partial charge in [-0.15, -0.1) is 0 Å². The Morgan fingerprint density at radius 3 is 2.29 bits per heavy atom. The van der Waals surface area contributed by atoms with Crippen LogP contribution in [-0.2, 0) is 13.1 Å². The lowest BCUT2D eigenvalue weighted by Crippen LogP contribution is -2.45. The molecule has 0 spiro atoms. The first-order valence-electron chi connectivity index (χ1n) is 8.69. The molecule has 1 saturated heterocycles. The van der Waals surface area contributed by atoms with Crippen molar-refractivity contribution in [1.29, 1.82) is 0 Å². The van der Waals surface area contributed by atoms with E-state index < -0.39 is 0 Å². The van der Waals surface area contributed by atoms with Gasteiger partial charge in [0.2, 0.25) is 0 Å². The SMILES string of the molecule is Cc1ccc(CN2CCN(Cc3cn4ccccc4n3)CC2)cc1. The first-order valence-corrected chi connectivity index (χ1v) is 8.69. The minimum Gasteiger partial charge on any atom is -0.307 e. The van der Waals surface area contributed by atoms with Gasteiger partial charge in [-0.3, -0.25) is 9.80 Å². The highest BCUT2D eigenvalue weighted by atomic mass is 15.3. The minimum atomic E-state index is 0.944. The normalized spacial score (nSPS) is 16.7. The number of hydrogen-bond donors (Lipinski definition) is 0. The van der Waals surface area contributed by atoms with Crippen molar-refractivity contribution in [2.45, 2.75) is 20.0 Å². The number of benzene rings is 1. The number of aryl methyl sites for hydroxylation is 1. The van der Waals surface area contributed by atoms with Crippen molar-refractivity contribution in [3.63, 3.8) is 0 Å². The maximum atomic E-state index is 4.71. The van der Waals surface area contributed by atoms with Gasteiger partial charge in [-0.05, 0) is 24.6 Å². The van der Waals surface area contributed by atoms with E-state index in [1.165, 1.54) is 11.1 Å². The predicted octanol–water partition coefficient (Wildman–Crippen LogP) is 2.96. The highest BCUT2D eigenvalue weighted by Crippen LogP contribution is 2.12. The standard InChI is InChI=1S/C20H24N4/c1-17-5-7-18(8-6-17)14-22-10-12-23(13-11-22)15-19-16-24-9-3-2-4-20(24)21-19/h2-9,16H,10-15H2,1H3. The molecule has 4 heteroatoms. The van der Waals surface area contributed by atoms with Crippen molar-refractivity contribution >= 4 is 5.65 Å². The number of pyridine rings is 1. The average molecular weight is 320 g/mol. The van der Waals surface area contributed by atoms with Gasteiger partial charge in [0.15, 0.2) is 0 Å². The zero-order chi connectivity index (χ0) is 16.4. The van der Waals surface area contributed by atoms with Crippen LogP contribution in [0.25, 0.3) is 5.65 Å². The molecule has 1 aliphatic heterocycles. The molecule has 2 aromatic heterocycles. The monoisotopic (exact) mass is 320 g/mol. The highest BCUT2D eigenvalue weighted by molar-refractivity contribution is 5.39. The molecule has 1 aromatic carbocycles. The van der Waals surface area contributed by atoms with E-state index in [2.05, 4.69) is 63.8 Å². The van der Waals surface area contributed by atoms with Crippen LogP contribution < -0.4 is 0 Å². The second-order valence-corrected chi connectivity index (χ2v) is 6.74. The molecule has 0 saturated carbocycles. The molecule has 1 aliphatic rings. The van der Waals surface area contributed by atoms with Gasteiger partial charge in [0.25, 0.3) is 0 Å². The molecule has 0 bridgehead atoms. The molecule has 4 rings (SSSR count). The van der Waals surface area contributed by atoms with Gasteiger partial charge >= 0.3 is 0 Å². The summed E-state index contributed by atoms with van der Waals surface area (Å²) in [6, 6.07) is 15.0. The fraction of sp³-hybridized carbons (Fsp3) is 0.350. The van der Waals surface area contributed by atoms with Crippen LogP contribution in [0.1, 0.15) is 16.8 Å². The van der Waals surface area contributed by atoms with Crippen LogP contribution in [0.2, 0.25) is 0 Å². The Morgan fingerprint density at radius 1 is 0.875 bits per heavy atom. The van der Waals surface area contributed by atoms with Gasteiger partial charge in [0, 0.05) is 51.7 Å². The Balaban J connectivity index is 1.31. The number of hydrogen-bond acceptors (Lipinski definition) is 3. The summed E-state index contributed by atoms with van der Waals surface area (Å²) in [5.74, 6) is 0. The lowest BCUT2D eigenvalue weighted by atomic mass is 10.1. The van der Waals surface area contributed by atoms with Crippen LogP contribution in [0.15, 0.2) is 54.9 Å². The Labute approximate surface area is 143 Å². The first kappa shape index (κ1) is 15.4.